The van der Waals surface area contributed by atoms with E-state index in [0.29, 0.717) is 4.83 Å². The normalized spacial score (nSPS) is 12.7. The Morgan fingerprint density at radius 3 is 2.31 bits per heavy atom. The average Bonchev–Trinajstić information content (AvgIpc) is 2.68. The van der Waals surface area contributed by atoms with Gasteiger partial charge in [-0.15, -0.1) is 11.3 Å². The van der Waals surface area contributed by atoms with Gasteiger partial charge in [-0.2, -0.15) is 0 Å². The lowest BCUT2D eigenvalue weighted by molar-refractivity contribution is 0.965. The highest BCUT2D eigenvalue weighted by Gasteiger charge is 2.13. The number of thiophene rings is 1. The van der Waals surface area contributed by atoms with Crippen LogP contribution in [0.4, 0.5) is 0 Å². The maximum Gasteiger partial charge on any atom is 0.0540 e. The van der Waals surface area contributed by atoms with Crippen molar-refractivity contribution in [2.75, 3.05) is 0 Å². The van der Waals surface area contributed by atoms with E-state index >= 15 is 0 Å². The van der Waals surface area contributed by atoms with Crippen molar-refractivity contribution in [2.24, 2.45) is 0 Å². The molecule has 0 aliphatic carbocycles. The summed E-state index contributed by atoms with van der Waals surface area (Å²) in [5.41, 5.74) is 1.34. The monoisotopic (exact) mass is 422 g/mol. The van der Waals surface area contributed by atoms with E-state index in [1.165, 1.54) is 14.9 Å². The van der Waals surface area contributed by atoms with E-state index in [4.69, 9.17) is 0 Å². The number of alkyl halides is 1. The zero-order valence-corrected chi connectivity index (χ0v) is 13.9. The van der Waals surface area contributed by atoms with Crippen LogP contribution >= 0.6 is 59.1 Å². The zero-order chi connectivity index (χ0) is 11.5. The predicted octanol–water partition coefficient (Wildman–Crippen LogP) is 5.95. The Labute approximate surface area is 124 Å². The Hall–Kier alpha value is 0.360. The summed E-state index contributed by atoms with van der Waals surface area (Å²) in [5.74, 6) is 0. The van der Waals surface area contributed by atoms with Crippen molar-refractivity contribution >= 4 is 59.1 Å². The van der Waals surface area contributed by atoms with Crippen molar-refractivity contribution in [1.29, 1.82) is 0 Å². The third kappa shape index (κ3) is 3.19. The molecule has 0 saturated carbocycles. The second-order valence-corrected chi connectivity index (χ2v) is 7.25. The van der Waals surface area contributed by atoms with Crippen LogP contribution in [0.15, 0.2) is 44.7 Å². The minimum atomic E-state index is 0.378. The minimum Gasteiger partial charge on any atom is -0.147 e. The second kappa shape index (κ2) is 5.80. The van der Waals surface area contributed by atoms with E-state index in [9.17, 15) is 0 Å². The highest BCUT2D eigenvalue weighted by molar-refractivity contribution is 9.11. The zero-order valence-electron chi connectivity index (χ0n) is 8.29. The van der Waals surface area contributed by atoms with Crippen LogP contribution < -0.4 is 0 Å². The van der Waals surface area contributed by atoms with Gasteiger partial charge in [-0.05, 0) is 51.5 Å². The van der Waals surface area contributed by atoms with Crippen LogP contribution in [0.2, 0.25) is 0 Å². The smallest absolute Gasteiger partial charge is 0.0540 e. The lowest BCUT2D eigenvalue weighted by atomic mass is 10.1. The van der Waals surface area contributed by atoms with Gasteiger partial charge >= 0.3 is 0 Å². The Kier molecular flexibility index (Phi) is 4.65. The summed E-state index contributed by atoms with van der Waals surface area (Å²) in [5, 5.41) is 2.11. The summed E-state index contributed by atoms with van der Waals surface area (Å²) in [6.07, 6.45) is 1.01. The predicted molar refractivity (Wildman–Crippen MR) is 81.5 cm³/mol. The number of hydrogen-bond donors (Lipinski definition) is 0. The van der Waals surface area contributed by atoms with Crippen molar-refractivity contribution in [3.63, 3.8) is 0 Å². The van der Waals surface area contributed by atoms with Gasteiger partial charge < -0.3 is 0 Å². The molecule has 0 aliphatic rings. The maximum absolute atomic E-state index is 3.74. The van der Waals surface area contributed by atoms with Gasteiger partial charge in [0.25, 0.3) is 0 Å². The second-order valence-electron chi connectivity index (χ2n) is 3.43. The molecule has 0 fully saturated rings. The highest BCUT2D eigenvalue weighted by Crippen LogP contribution is 2.36. The van der Waals surface area contributed by atoms with E-state index in [2.05, 4.69) is 83.5 Å². The summed E-state index contributed by atoms with van der Waals surface area (Å²) >= 11 is 12.5. The van der Waals surface area contributed by atoms with Crippen LogP contribution in [0, 0.1) is 0 Å². The summed E-state index contributed by atoms with van der Waals surface area (Å²) in [4.78, 5) is 1.73. The fourth-order valence-electron chi connectivity index (χ4n) is 1.45. The summed E-state index contributed by atoms with van der Waals surface area (Å²) in [6.45, 7) is 0. The molecule has 1 aromatic heterocycles. The fourth-order valence-corrected chi connectivity index (χ4v) is 4.59. The third-order valence-electron chi connectivity index (χ3n) is 2.26. The van der Waals surface area contributed by atoms with Crippen molar-refractivity contribution in [2.45, 2.75) is 11.2 Å². The van der Waals surface area contributed by atoms with Crippen LogP contribution in [0.25, 0.3) is 0 Å². The van der Waals surface area contributed by atoms with Crippen molar-refractivity contribution in [1.82, 2.24) is 0 Å². The lowest BCUT2D eigenvalue weighted by Crippen LogP contribution is -1.93. The molecule has 1 unspecified atom stereocenters. The van der Waals surface area contributed by atoms with Crippen molar-refractivity contribution < 1.29 is 0 Å². The molecule has 0 bridgehead atoms. The van der Waals surface area contributed by atoms with Gasteiger partial charge in [0.15, 0.2) is 0 Å². The number of halogens is 3. The fraction of sp³-hybridized carbons (Fsp3) is 0.167. The lowest BCUT2D eigenvalue weighted by Gasteiger charge is -2.08. The molecule has 2 aromatic rings. The van der Waals surface area contributed by atoms with Gasteiger partial charge in [-0.3, -0.25) is 0 Å². The maximum atomic E-state index is 3.74. The highest BCUT2D eigenvalue weighted by atomic mass is 79.9. The first kappa shape index (κ1) is 12.8. The molecule has 84 valence electrons. The van der Waals surface area contributed by atoms with Crippen LogP contribution in [0.3, 0.4) is 0 Å². The van der Waals surface area contributed by atoms with Crippen LogP contribution in [0.5, 0.6) is 0 Å². The van der Waals surface area contributed by atoms with E-state index in [1.807, 2.05) is 0 Å². The Bertz CT molecular complexity index is 461. The molecule has 4 heteroatoms. The standard InChI is InChI=1S/C12H9Br3S/c13-9-3-1-8(2-4-9)7-11(15)12-10(14)5-6-16-12/h1-6,11H,7H2. The molecule has 0 aliphatic heterocycles. The largest absolute Gasteiger partial charge is 0.147 e. The summed E-state index contributed by atoms with van der Waals surface area (Å²) in [6, 6.07) is 10.6. The van der Waals surface area contributed by atoms with Crippen LogP contribution in [0.1, 0.15) is 15.3 Å². The molecule has 0 nitrogen and oxygen atoms in total. The van der Waals surface area contributed by atoms with E-state index < -0.39 is 0 Å². The molecular weight excluding hydrogens is 416 g/mol. The van der Waals surface area contributed by atoms with Gasteiger partial charge in [0.2, 0.25) is 0 Å². The third-order valence-corrected chi connectivity index (χ3v) is 5.86. The number of rotatable bonds is 3. The Morgan fingerprint density at radius 1 is 1.06 bits per heavy atom. The first-order chi connectivity index (χ1) is 7.66. The molecule has 16 heavy (non-hydrogen) atoms. The van der Waals surface area contributed by atoms with Crippen molar-refractivity contribution in [3.05, 3.63) is 55.1 Å². The summed E-state index contributed by atoms with van der Waals surface area (Å²) < 4.78 is 2.32. The van der Waals surface area contributed by atoms with E-state index in [1.54, 1.807) is 11.3 Å². The number of hydrogen-bond acceptors (Lipinski definition) is 1. The van der Waals surface area contributed by atoms with E-state index in [-0.39, 0.29) is 0 Å². The molecule has 1 atom stereocenters. The Balaban J connectivity index is 2.10. The van der Waals surface area contributed by atoms with Crippen molar-refractivity contribution in [3.8, 4) is 0 Å². The first-order valence-corrected chi connectivity index (χ1v) is 8.16. The molecule has 0 N–H and O–H groups in total. The average molecular weight is 425 g/mol. The molecular formula is C12H9Br3S. The van der Waals surface area contributed by atoms with Gasteiger partial charge in [-0.25, -0.2) is 0 Å². The van der Waals surface area contributed by atoms with Gasteiger partial charge in [0, 0.05) is 13.8 Å². The van der Waals surface area contributed by atoms with Gasteiger partial charge in [0.1, 0.15) is 0 Å². The topological polar surface area (TPSA) is 0 Å². The van der Waals surface area contributed by atoms with Gasteiger partial charge in [0.05, 0.1) is 4.83 Å². The van der Waals surface area contributed by atoms with Gasteiger partial charge in [-0.1, -0.05) is 44.0 Å². The number of benzene rings is 1. The summed E-state index contributed by atoms with van der Waals surface area (Å²) in [7, 11) is 0. The SMILES string of the molecule is Brc1ccc(CC(Br)c2sccc2Br)cc1. The molecule has 2 rings (SSSR count). The molecule has 1 aromatic carbocycles. The minimum absolute atomic E-state index is 0.378. The molecule has 0 saturated heterocycles. The van der Waals surface area contributed by atoms with Crippen LogP contribution in [-0.4, -0.2) is 0 Å². The molecule has 1 heterocycles. The van der Waals surface area contributed by atoms with E-state index in [0.717, 1.165) is 10.9 Å². The molecule has 0 radical (unpaired) electrons. The first-order valence-electron chi connectivity index (χ1n) is 4.78. The molecule has 0 amide bonds. The van der Waals surface area contributed by atoms with Crippen LogP contribution in [-0.2, 0) is 6.42 Å². The quantitative estimate of drug-likeness (QED) is 0.534. The molecule has 0 spiro atoms. The Morgan fingerprint density at radius 2 is 1.75 bits per heavy atom.